The van der Waals surface area contributed by atoms with Crippen LogP contribution in [-0.4, -0.2) is 30.2 Å². The number of hydrogen-bond donors (Lipinski definition) is 0. The van der Waals surface area contributed by atoms with Gasteiger partial charge in [0.05, 0.1) is 24.3 Å². The molecular weight excluding hydrogens is 406 g/mol. The number of methoxy groups -OCH3 is 1. The summed E-state index contributed by atoms with van der Waals surface area (Å²) in [5.41, 5.74) is 4.33. The zero-order chi connectivity index (χ0) is 23.4. The van der Waals surface area contributed by atoms with Crippen LogP contribution in [0.1, 0.15) is 35.5 Å². The minimum Gasteiger partial charge on any atom is -0.464 e. The average molecular weight is 434 g/mol. The molecule has 1 aromatic heterocycles. The Morgan fingerprint density at radius 3 is 1.97 bits per heavy atom. The van der Waals surface area contributed by atoms with Gasteiger partial charge in [0.1, 0.15) is 11.8 Å². The average Bonchev–Trinajstić information content (AvgIpc) is 3.16. The van der Waals surface area contributed by atoms with Crippen molar-refractivity contribution >= 4 is 17.7 Å². The summed E-state index contributed by atoms with van der Waals surface area (Å²) < 4.78 is 6.45. The summed E-state index contributed by atoms with van der Waals surface area (Å²) in [7, 11) is 3.02. The predicted molar refractivity (Wildman–Crippen MR) is 128 cm³/mol. The highest BCUT2D eigenvalue weighted by Crippen LogP contribution is 2.32. The normalized spacial score (nSPS) is 9.16. The summed E-state index contributed by atoms with van der Waals surface area (Å²) in [6.07, 6.45) is 5.69. The molecule has 0 aliphatic rings. The number of nitrogens with zero attached hydrogens (tertiary/aromatic N) is 3. The Kier molecular flexibility index (Phi) is 10.7. The van der Waals surface area contributed by atoms with Gasteiger partial charge in [-0.05, 0) is 35.3 Å². The molecule has 0 aliphatic heterocycles. The molecule has 0 bridgehead atoms. The molecule has 0 saturated heterocycles. The van der Waals surface area contributed by atoms with E-state index in [9.17, 15) is 15.3 Å². The van der Waals surface area contributed by atoms with Crippen LogP contribution in [0, 0.1) is 22.7 Å². The quantitative estimate of drug-likeness (QED) is 0.481. The molecule has 0 atom stereocenters. The highest BCUT2D eigenvalue weighted by molar-refractivity contribution is 7.97. The van der Waals surface area contributed by atoms with Crippen molar-refractivity contribution in [2.45, 2.75) is 13.8 Å². The zero-order valence-corrected chi connectivity index (χ0v) is 19.6. The number of hydrogen-bond acceptors (Lipinski definition) is 5. The molecule has 31 heavy (non-hydrogen) atoms. The van der Waals surface area contributed by atoms with Crippen molar-refractivity contribution < 1.29 is 9.53 Å². The van der Waals surface area contributed by atoms with Crippen LogP contribution < -0.4 is 0 Å². The second-order valence-electron chi connectivity index (χ2n) is 6.12. The lowest BCUT2D eigenvalue weighted by Gasteiger charge is -2.08. The molecule has 0 aliphatic carbocycles. The Labute approximate surface area is 188 Å². The van der Waals surface area contributed by atoms with Crippen LogP contribution in [0.15, 0.2) is 54.7 Å². The Morgan fingerprint density at radius 2 is 1.45 bits per heavy atom. The van der Waals surface area contributed by atoms with Gasteiger partial charge in [-0.1, -0.05) is 56.3 Å². The van der Waals surface area contributed by atoms with Crippen LogP contribution in [-0.2, 0) is 11.8 Å². The first-order chi connectivity index (χ1) is 15.0. The number of ether oxygens (including phenoxy) is 1. The number of thioether (sulfide) groups is 1. The van der Waals surface area contributed by atoms with Gasteiger partial charge < -0.3 is 9.30 Å². The number of nitriles is 2. The van der Waals surface area contributed by atoms with Crippen LogP contribution in [0.4, 0.5) is 0 Å². The first-order valence-corrected chi connectivity index (χ1v) is 11.3. The highest BCUT2D eigenvalue weighted by atomic mass is 32.2. The van der Waals surface area contributed by atoms with Crippen molar-refractivity contribution in [2.75, 3.05) is 19.6 Å². The maximum atomic E-state index is 12.1. The van der Waals surface area contributed by atoms with E-state index in [1.54, 1.807) is 35.6 Å². The van der Waals surface area contributed by atoms with Crippen molar-refractivity contribution in [3.8, 4) is 34.4 Å². The number of carbonyl (C=O) groups excluding carboxylic acids is 1. The number of aromatic nitrogens is 1. The molecule has 3 aromatic rings. The Balaban J connectivity index is 0.000000884. The van der Waals surface area contributed by atoms with E-state index in [0.29, 0.717) is 22.4 Å². The third-order valence-electron chi connectivity index (χ3n) is 4.21. The molecule has 0 radical (unpaired) electrons. The molecule has 5 nitrogen and oxygen atoms in total. The summed E-state index contributed by atoms with van der Waals surface area (Å²) in [4.78, 5) is 12.1. The van der Waals surface area contributed by atoms with E-state index in [1.165, 1.54) is 7.11 Å². The van der Waals surface area contributed by atoms with Crippen molar-refractivity contribution in [2.24, 2.45) is 7.05 Å². The molecule has 2 aromatic carbocycles. The first kappa shape index (κ1) is 25.6. The van der Waals surface area contributed by atoms with Crippen molar-refractivity contribution in [3.63, 3.8) is 0 Å². The fourth-order valence-electron chi connectivity index (χ4n) is 3.00. The van der Waals surface area contributed by atoms with Gasteiger partial charge in [0, 0.05) is 18.8 Å². The van der Waals surface area contributed by atoms with E-state index in [4.69, 9.17) is 4.74 Å². The molecule has 0 unspecified atom stereocenters. The lowest BCUT2D eigenvalue weighted by atomic mass is 9.96. The monoisotopic (exact) mass is 433 g/mol. The van der Waals surface area contributed by atoms with Crippen LogP contribution in [0.25, 0.3) is 22.3 Å². The molecule has 0 fully saturated rings. The third-order valence-corrected chi connectivity index (χ3v) is 4.21. The van der Waals surface area contributed by atoms with E-state index in [0.717, 1.165) is 16.7 Å². The van der Waals surface area contributed by atoms with Crippen LogP contribution in [0.5, 0.6) is 0 Å². The Morgan fingerprint density at radius 1 is 0.935 bits per heavy atom. The van der Waals surface area contributed by atoms with Gasteiger partial charge in [0.2, 0.25) is 0 Å². The number of benzene rings is 2. The minimum absolute atomic E-state index is 0.328. The molecule has 0 N–H and O–H groups in total. The number of rotatable bonds is 3. The van der Waals surface area contributed by atoms with Gasteiger partial charge in [-0.2, -0.15) is 22.3 Å². The topological polar surface area (TPSA) is 78.8 Å². The summed E-state index contributed by atoms with van der Waals surface area (Å²) in [6, 6.07) is 19.1. The van der Waals surface area contributed by atoms with Gasteiger partial charge in [-0.15, -0.1) is 0 Å². The number of carbonyl (C=O) groups is 1. The third kappa shape index (κ3) is 6.01. The summed E-state index contributed by atoms with van der Waals surface area (Å²) >= 11 is 1.75. The fraction of sp³-hybridized carbons (Fsp3) is 0.240. The van der Waals surface area contributed by atoms with E-state index < -0.39 is 5.97 Å². The van der Waals surface area contributed by atoms with Gasteiger partial charge in [-0.3, -0.25) is 0 Å². The smallest absolute Gasteiger partial charge is 0.355 e. The molecule has 160 valence electrons. The number of esters is 1. The van der Waals surface area contributed by atoms with Crippen molar-refractivity contribution in [1.29, 1.82) is 10.5 Å². The predicted octanol–water partition coefficient (Wildman–Crippen LogP) is 5.89. The van der Waals surface area contributed by atoms with Crippen LogP contribution >= 0.6 is 11.8 Å². The van der Waals surface area contributed by atoms with Crippen molar-refractivity contribution in [1.82, 2.24) is 4.57 Å². The second kappa shape index (κ2) is 13.0. The van der Waals surface area contributed by atoms with Crippen molar-refractivity contribution in [3.05, 3.63) is 71.5 Å². The minimum atomic E-state index is -0.497. The maximum Gasteiger partial charge on any atom is 0.355 e. The summed E-state index contributed by atoms with van der Waals surface area (Å²) in [5.74, 6) is -0.497. The first-order valence-electron chi connectivity index (χ1n) is 9.70. The highest BCUT2D eigenvalue weighted by Gasteiger charge is 2.22. The lowest BCUT2D eigenvalue weighted by molar-refractivity contribution is 0.0591. The second-order valence-corrected chi connectivity index (χ2v) is 6.94. The van der Waals surface area contributed by atoms with Crippen LogP contribution in [0.2, 0.25) is 0 Å². The van der Waals surface area contributed by atoms with Gasteiger partial charge in [0.15, 0.2) is 0 Å². The molecule has 0 spiro atoms. The van der Waals surface area contributed by atoms with Gasteiger partial charge in [0.25, 0.3) is 0 Å². The molecular formula is C25H27N3O2S. The van der Waals surface area contributed by atoms with E-state index >= 15 is 0 Å². The standard InChI is InChI=1S/C21H15N3O2.C2H6S.C2H6/c1-24-13-17(12-23)19(20(24)21(25)26-2)15-9-7-14(8-10-15)18-6-4-3-5-16(18)11-22;1-3-2;1-2/h3-10,13H,1-2H3;1-2H3;1-2H3. The van der Waals surface area contributed by atoms with Crippen LogP contribution in [0.3, 0.4) is 0 Å². The Bertz CT molecular complexity index is 1090. The van der Waals surface area contributed by atoms with Gasteiger partial charge in [-0.25, -0.2) is 4.79 Å². The fourth-order valence-corrected chi connectivity index (χ4v) is 3.00. The molecule has 3 rings (SSSR count). The molecule has 0 amide bonds. The SMILES string of the molecule is CC.COC(=O)c1c(-c2ccc(-c3ccccc3C#N)cc2)c(C#N)cn1C.CSC. The zero-order valence-electron chi connectivity index (χ0n) is 18.8. The molecule has 0 saturated carbocycles. The van der Waals surface area contributed by atoms with E-state index in [-0.39, 0.29) is 0 Å². The van der Waals surface area contributed by atoms with E-state index in [1.807, 2.05) is 68.8 Å². The largest absolute Gasteiger partial charge is 0.464 e. The Hall–Kier alpha value is -3.48. The summed E-state index contributed by atoms with van der Waals surface area (Å²) in [5, 5.41) is 18.7. The summed E-state index contributed by atoms with van der Waals surface area (Å²) in [6.45, 7) is 4.00. The molecule has 1 heterocycles. The van der Waals surface area contributed by atoms with E-state index in [2.05, 4.69) is 12.1 Å². The lowest BCUT2D eigenvalue weighted by Crippen LogP contribution is -2.08. The molecule has 6 heteroatoms. The maximum absolute atomic E-state index is 12.1. The van der Waals surface area contributed by atoms with Gasteiger partial charge >= 0.3 is 5.97 Å². The number of aryl methyl sites for hydroxylation is 1.